The van der Waals surface area contributed by atoms with E-state index in [1.807, 2.05) is 18.2 Å². The molecule has 2 aliphatic rings. The Balaban J connectivity index is 1.36. The number of para-hydroxylation sites is 1. The number of carbonyl (C=O) groups excluding carboxylic acids is 1. The second-order valence-electron chi connectivity index (χ2n) is 6.87. The highest BCUT2D eigenvalue weighted by Gasteiger charge is 2.35. The van der Waals surface area contributed by atoms with Crippen LogP contribution < -0.4 is 0 Å². The van der Waals surface area contributed by atoms with E-state index in [0.29, 0.717) is 17.9 Å². The third-order valence-corrected chi connectivity index (χ3v) is 5.18. The van der Waals surface area contributed by atoms with Crippen molar-refractivity contribution in [2.45, 2.75) is 38.3 Å². The summed E-state index contributed by atoms with van der Waals surface area (Å²) in [6.07, 6.45) is 4.28. The quantitative estimate of drug-likeness (QED) is 0.871. The highest BCUT2D eigenvalue weighted by Crippen LogP contribution is 2.32. The van der Waals surface area contributed by atoms with E-state index in [9.17, 15) is 4.79 Å². The van der Waals surface area contributed by atoms with Crippen molar-refractivity contribution >= 4 is 16.9 Å². The minimum atomic E-state index is 0.339. The molecule has 0 radical (unpaired) electrons. The van der Waals surface area contributed by atoms with Crippen LogP contribution in [0.5, 0.6) is 0 Å². The molecule has 1 aromatic heterocycles. The first kappa shape index (κ1) is 14.7. The molecule has 1 aliphatic heterocycles. The lowest BCUT2D eigenvalue weighted by Crippen LogP contribution is -2.45. The standard InChI is InChI=1S/C18H23N3O2/c1-20(12-16-15-4-2-3-5-17(15)23-19-16)14-8-10-21(11-9-14)18(22)13-6-7-13/h2-5,13-14H,6-12H2,1H3. The number of benzene rings is 1. The van der Waals surface area contributed by atoms with Crippen molar-refractivity contribution in [2.24, 2.45) is 5.92 Å². The summed E-state index contributed by atoms with van der Waals surface area (Å²) in [6, 6.07) is 8.51. The van der Waals surface area contributed by atoms with E-state index in [1.54, 1.807) is 0 Å². The first-order valence-corrected chi connectivity index (χ1v) is 8.54. The maximum Gasteiger partial charge on any atom is 0.225 e. The Labute approximate surface area is 136 Å². The molecule has 2 aromatic rings. The molecule has 1 saturated heterocycles. The van der Waals surface area contributed by atoms with Gasteiger partial charge in [0.1, 0.15) is 5.69 Å². The van der Waals surface area contributed by atoms with Gasteiger partial charge in [-0.15, -0.1) is 0 Å². The third kappa shape index (κ3) is 2.98. The van der Waals surface area contributed by atoms with Gasteiger partial charge >= 0.3 is 0 Å². The van der Waals surface area contributed by atoms with Crippen molar-refractivity contribution in [2.75, 3.05) is 20.1 Å². The molecule has 0 bridgehead atoms. The van der Waals surface area contributed by atoms with E-state index in [4.69, 9.17) is 4.52 Å². The van der Waals surface area contributed by atoms with Gasteiger partial charge in [-0.25, -0.2) is 0 Å². The van der Waals surface area contributed by atoms with Crippen LogP contribution in [0.15, 0.2) is 28.8 Å². The third-order valence-electron chi connectivity index (χ3n) is 5.18. The summed E-state index contributed by atoms with van der Waals surface area (Å²) in [4.78, 5) is 16.5. The van der Waals surface area contributed by atoms with Gasteiger partial charge in [-0.2, -0.15) is 0 Å². The summed E-state index contributed by atoms with van der Waals surface area (Å²) in [5, 5.41) is 5.32. The number of hydrogen-bond acceptors (Lipinski definition) is 4. The van der Waals surface area contributed by atoms with Crippen molar-refractivity contribution in [1.82, 2.24) is 15.0 Å². The molecule has 1 saturated carbocycles. The Bertz CT molecular complexity index is 699. The summed E-state index contributed by atoms with van der Waals surface area (Å²) in [7, 11) is 2.15. The fourth-order valence-electron chi connectivity index (χ4n) is 3.53. The van der Waals surface area contributed by atoms with Gasteiger partial charge in [0.15, 0.2) is 5.58 Å². The minimum Gasteiger partial charge on any atom is -0.356 e. The van der Waals surface area contributed by atoms with E-state index in [1.165, 1.54) is 0 Å². The number of fused-ring (bicyclic) bond motifs is 1. The summed E-state index contributed by atoms with van der Waals surface area (Å²) in [5.74, 6) is 0.722. The molecule has 23 heavy (non-hydrogen) atoms. The first-order valence-electron chi connectivity index (χ1n) is 8.54. The molecule has 0 spiro atoms. The van der Waals surface area contributed by atoms with Crippen molar-refractivity contribution in [1.29, 1.82) is 0 Å². The first-order chi connectivity index (χ1) is 11.2. The molecule has 2 fully saturated rings. The predicted octanol–water partition coefficient (Wildman–Crippen LogP) is 2.66. The van der Waals surface area contributed by atoms with Crippen molar-refractivity contribution in [3.63, 3.8) is 0 Å². The van der Waals surface area contributed by atoms with Crippen molar-refractivity contribution < 1.29 is 9.32 Å². The molecular formula is C18H23N3O2. The van der Waals surface area contributed by atoms with Crippen LogP contribution in [0.3, 0.4) is 0 Å². The van der Waals surface area contributed by atoms with Crippen LogP contribution >= 0.6 is 0 Å². The molecule has 1 aliphatic carbocycles. The van der Waals surface area contributed by atoms with E-state index in [2.05, 4.69) is 28.1 Å². The van der Waals surface area contributed by atoms with Gasteiger partial charge in [0.2, 0.25) is 5.91 Å². The van der Waals surface area contributed by atoms with Crippen LogP contribution in [-0.4, -0.2) is 47.0 Å². The maximum absolute atomic E-state index is 12.1. The smallest absolute Gasteiger partial charge is 0.225 e. The topological polar surface area (TPSA) is 49.6 Å². The molecule has 4 rings (SSSR count). The van der Waals surface area contributed by atoms with Gasteiger partial charge in [-0.3, -0.25) is 9.69 Å². The zero-order valence-corrected chi connectivity index (χ0v) is 13.6. The molecular weight excluding hydrogens is 290 g/mol. The highest BCUT2D eigenvalue weighted by atomic mass is 16.5. The van der Waals surface area contributed by atoms with Crippen LogP contribution in [0.2, 0.25) is 0 Å². The number of rotatable bonds is 4. The van der Waals surface area contributed by atoms with Crippen LogP contribution in [0, 0.1) is 5.92 Å². The average Bonchev–Trinajstić information content (AvgIpc) is 3.37. The lowest BCUT2D eigenvalue weighted by molar-refractivity contribution is -0.134. The number of amides is 1. The zero-order valence-electron chi connectivity index (χ0n) is 13.6. The van der Waals surface area contributed by atoms with Gasteiger partial charge in [-0.1, -0.05) is 17.3 Å². The maximum atomic E-state index is 12.1. The Morgan fingerprint density at radius 2 is 2.00 bits per heavy atom. The van der Waals surface area contributed by atoms with Gasteiger partial charge in [0, 0.05) is 37.0 Å². The summed E-state index contributed by atoms with van der Waals surface area (Å²) in [5.41, 5.74) is 1.85. The highest BCUT2D eigenvalue weighted by molar-refractivity contribution is 5.81. The monoisotopic (exact) mass is 313 g/mol. The molecule has 1 amide bonds. The minimum absolute atomic E-state index is 0.339. The number of likely N-dealkylation sites (tertiary alicyclic amines) is 1. The molecule has 1 aromatic carbocycles. The van der Waals surface area contributed by atoms with Crippen molar-refractivity contribution in [3.8, 4) is 0 Å². The van der Waals surface area contributed by atoms with E-state index in [0.717, 1.165) is 62.0 Å². The molecule has 2 heterocycles. The fourth-order valence-corrected chi connectivity index (χ4v) is 3.53. The number of nitrogens with zero attached hydrogens (tertiary/aromatic N) is 3. The molecule has 0 atom stereocenters. The van der Waals surface area contributed by atoms with Gasteiger partial charge < -0.3 is 9.42 Å². The second kappa shape index (κ2) is 5.96. The predicted molar refractivity (Wildman–Crippen MR) is 87.8 cm³/mol. The normalized spacial score (nSPS) is 19.7. The molecule has 0 N–H and O–H groups in total. The Hall–Kier alpha value is -1.88. The molecule has 5 heteroatoms. The number of piperidine rings is 1. The molecule has 0 unspecified atom stereocenters. The lowest BCUT2D eigenvalue weighted by atomic mass is 10.0. The van der Waals surface area contributed by atoms with E-state index < -0.39 is 0 Å². The summed E-state index contributed by atoms with van der Waals surface area (Å²) in [6.45, 7) is 2.58. The van der Waals surface area contributed by atoms with E-state index in [-0.39, 0.29) is 0 Å². The second-order valence-corrected chi connectivity index (χ2v) is 6.87. The number of aromatic nitrogens is 1. The Morgan fingerprint density at radius 1 is 1.26 bits per heavy atom. The Kier molecular flexibility index (Phi) is 3.81. The average molecular weight is 313 g/mol. The van der Waals surface area contributed by atoms with Crippen LogP contribution in [0.1, 0.15) is 31.4 Å². The molecule has 5 nitrogen and oxygen atoms in total. The lowest BCUT2D eigenvalue weighted by Gasteiger charge is -2.36. The van der Waals surface area contributed by atoms with Gasteiger partial charge in [0.05, 0.1) is 0 Å². The Morgan fingerprint density at radius 3 is 2.74 bits per heavy atom. The van der Waals surface area contributed by atoms with Crippen LogP contribution in [0.25, 0.3) is 11.0 Å². The SMILES string of the molecule is CN(Cc1noc2ccccc12)C1CCN(C(=O)C2CC2)CC1. The fraction of sp³-hybridized carbons (Fsp3) is 0.556. The van der Waals surface area contributed by atoms with Crippen LogP contribution in [-0.2, 0) is 11.3 Å². The van der Waals surface area contributed by atoms with Crippen molar-refractivity contribution in [3.05, 3.63) is 30.0 Å². The summed E-state index contributed by atoms with van der Waals surface area (Å²) >= 11 is 0. The number of carbonyl (C=O) groups is 1. The zero-order chi connectivity index (χ0) is 15.8. The van der Waals surface area contributed by atoms with E-state index >= 15 is 0 Å². The van der Waals surface area contributed by atoms with Gasteiger partial charge in [-0.05, 0) is 44.9 Å². The van der Waals surface area contributed by atoms with Crippen LogP contribution in [0.4, 0.5) is 0 Å². The molecule has 122 valence electrons. The van der Waals surface area contributed by atoms with Gasteiger partial charge in [0.25, 0.3) is 0 Å². The number of hydrogen-bond donors (Lipinski definition) is 0. The summed E-state index contributed by atoms with van der Waals surface area (Å²) < 4.78 is 5.39. The largest absolute Gasteiger partial charge is 0.356 e.